The van der Waals surface area contributed by atoms with Gasteiger partial charge >= 0.3 is 0 Å². The van der Waals surface area contributed by atoms with Crippen LogP contribution in [0.4, 0.5) is 0 Å². The lowest BCUT2D eigenvalue weighted by Crippen LogP contribution is -2.21. The van der Waals surface area contributed by atoms with Crippen LogP contribution in [0.3, 0.4) is 0 Å². The second-order valence-electron chi connectivity index (χ2n) is 5.75. The third-order valence-corrected chi connectivity index (χ3v) is 4.44. The van der Waals surface area contributed by atoms with Gasteiger partial charge in [-0.25, -0.2) is 0 Å². The van der Waals surface area contributed by atoms with Crippen LogP contribution in [0.25, 0.3) is 11.1 Å². The Kier molecular flexibility index (Phi) is 4.63. The Hall–Kier alpha value is -2.45. The number of fused-ring (bicyclic) bond motifs is 1. The molecular formula is C16H18N2O5S. The van der Waals surface area contributed by atoms with Gasteiger partial charge in [0.2, 0.25) is 0 Å². The number of nitrogens with zero attached hydrogens (tertiary/aromatic N) is 2. The van der Waals surface area contributed by atoms with Gasteiger partial charge in [-0.1, -0.05) is 12.1 Å². The third-order valence-electron chi connectivity index (χ3n) is 3.55. The van der Waals surface area contributed by atoms with Crippen LogP contribution in [0.2, 0.25) is 0 Å². The van der Waals surface area contributed by atoms with Gasteiger partial charge < -0.3 is 9.80 Å². The summed E-state index contributed by atoms with van der Waals surface area (Å²) in [4.78, 5) is 26.7. The molecule has 0 radical (unpaired) electrons. The summed E-state index contributed by atoms with van der Waals surface area (Å²) in [6.07, 6.45) is 0. The predicted molar refractivity (Wildman–Crippen MR) is 88.9 cm³/mol. The van der Waals surface area contributed by atoms with Crippen LogP contribution >= 0.6 is 0 Å². The molecule has 0 saturated heterocycles. The minimum absolute atomic E-state index is 0.141. The molecule has 0 unspecified atom stereocenters. The average Bonchev–Trinajstić information content (AvgIpc) is 2.71. The SMILES string of the molecule is CN(C)C(=O)c1ccc2c(C(=O)N(C)C)cc(S(=O)(=O)O)c-2cc1. The summed E-state index contributed by atoms with van der Waals surface area (Å²) in [6.45, 7) is 0. The Balaban J connectivity index is 2.78. The molecule has 24 heavy (non-hydrogen) atoms. The molecule has 8 heteroatoms. The topological polar surface area (TPSA) is 95.0 Å². The van der Waals surface area contributed by atoms with Crippen LogP contribution in [0.15, 0.2) is 35.2 Å². The van der Waals surface area contributed by atoms with Crippen molar-refractivity contribution in [2.24, 2.45) is 0 Å². The summed E-state index contributed by atoms with van der Waals surface area (Å²) in [7, 11) is 1.76. The van der Waals surface area contributed by atoms with Crippen molar-refractivity contribution in [2.45, 2.75) is 4.90 Å². The monoisotopic (exact) mass is 350 g/mol. The summed E-state index contributed by atoms with van der Waals surface area (Å²) < 4.78 is 32.7. The smallest absolute Gasteiger partial charge is 0.295 e. The maximum Gasteiger partial charge on any atom is 0.295 e. The molecule has 7 nitrogen and oxygen atoms in total. The van der Waals surface area contributed by atoms with E-state index in [4.69, 9.17) is 0 Å². The Morgan fingerprint density at radius 3 is 1.83 bits per heavy atom. The fourth-order valence-electron chi connectivity index (χ4n) is 2.35. The number of carbonyl (C=O) groups excluding carboxylic acids is 2. The molecule has 2 rings (SSSR count). The first-order valence-corrected chi connectivity index (χ1v) is 8.45. The van der Waals surface area contributed by atoms with Crippen LogP contribution < -0.4 is 0 Å². The molecule has 0 aliphatic heterocycles. The summed E-state index contributed by atoms with van der Waals surface area (Å²) in [5.41, 5.74) is 1.00. The van der Waals surface area contributed by atoms with Crippen molar-refractivity contribution < 1.29 is 22.6 Å². The maximum atomic E-state index is 12.3. The van der Waals surface area contributed by atoms with Gasteiger partial charge in [0.15, 0.2) is 0 Å². The zero-order valence-electron chi connectivity index (χ0n) is 13.8. The first kappa shape index (κ1) is 17.9. The molecule has 1 N–H and O–H groups in total. The van der Waals surface area contributed by atoms with Gasteiger partial charge in [0, 0.05) is 44.9 Å². The van der Waals surface area contributed by atoms with E-state index in [0.717, 1.165) is 6.07 Å². The van der Waals surface area contributed by atoms with E-state index in [9.17, 15) is 22.6 Å². The van der Waals surface area contributed by atoms with E-state index in [-0.39, 0.29) is 21.9 Å². The molecule has 0 aromatic rings. The molecule has 128 valence electrons. The van der Waals surface area contributed by atoms with Crippen molar-refractivity contribution in [3.8, 4) is 11.1 Å². The van der Waals surface area contributed by atoms with Crippen molar-refractivity contribution in [3.05, 3.63) is 41.5 Å². The molecule has 0 aromatic carbocycles. The zero-order chi connectivity index (χ0) is 18.2. The molecule has 0 spiro atoms. The molecular weight excluding hydrogens is 332 g/mol. The first-order valence-electron chi connectivity index (χ1n) is 7.01. The first-order chi connectivity index (χ1) is 11.0. The molecule has 0 atom stereocenters. The Morgan fingerprint density at radius 2 is 1.38 bits per heavy atom. The maximum absolute atomic E-state index is 12.3. The Morgan fingerprint density at radius 1 is 0.875 bits per heavy atom. The lowest BCUT2D eigenvalue weighted by molar-refractivity contribution is 0.0821. The van der Waals surface area contributed by atoms with Gasteiger partial charge in [-0.15, -0.1) is 0 Å². The van der Waals surface area contributed by atoms with E-state index in [2.05, 4.69) is 0 Å². The van der Waals surface area contributed by atoms with Crippen molar-refractivity contribution in [2.75, 3.05) is 28.2 Å². The third kappa shape index (κ3) is 3.24. The number of hydrogen-bond donors (Lipinski definition) is 1. The molecule has 2 aliphatic rings. The number of carbonyl (C=O) groups is 2. The minimum Gasteiger partial charge on any atom is -0.345 e. The van der Waals surface area contributed by atoms with E-state index < -0.39 is 16.0 Å². The van der Waals surface area contributed by atoms with Crippen LogP contribution in [-0.4, -0.2) is 62.8 Å². The van der Waals surface area contributed by atoms with Crippen LogP contribution in [-0.2, 0) is 10.1 Å². The lowest BCUT2D eigenvalue weighted by atomic mass is 10.1. The Labute approximate surface area is 140 Å². The molecule has 0 fully saturated rings. The van der Waals surface area contributed by atoms with Crippen molar-refractivity contribution in [1.82, 2.24) is 9.80 Å². The quantitative estimate of drug-likeness (QED) is 0.845. The fraction of sp³-hybridized carbons (Fsp3) is 0.250. The van der Waals surface area contributed by atoms with E-state index in [1.54, 1.807) is 14.1 Å². The van der Waals surface area contributed by atoms with Crippen molar-refractivity contribution in [3.63, 3.8) is 0 Å². The van der Waals surface area contributed by atoms with Gasteiger partial charge in [-0.2, -0.15) is 8.42 Å². The highest BCUT2D eigenvalue weighted by atomic mass is 32.2. The predicted octanol–water partition coefficient (Wildman–Crippen LogP) is 1.44. The van der Waals surface area contributed by atoms with Gasteiger partial charge in [-0.3, -0.25) is 14.1 Å². The Bertz CT molecular complexity index is 887. The van der Waals surface area contributed by atoms with Gasteiger partial charge in [0.05, 0.1) is 0 Å². The van der Waals surface area contributed by atoms with Gasteiger partial charge in [0.25, 0.3) is 21.9 Å². The number of rotatable bonds is 3. The van der Waals surface area contributed by atoms with E-state index in [1.165, 1.54) is 48.2 Å². The highest BCUT2D eigenvalue weighted by molar-refractivity contribution is 7.86. The highest BCUT2D eigenvalue weighted by Gasteiger charge is 2.27. The number of hydrogen-bond acceptors (Lipinski definition) is 4. The van der Waals surface area contributed by atoms with Crippen molar-refractivity contribution in [1.29, 1.82) is 0 Å². The molecule has 2 amide bonds. The molecule has 0 heterocycles. The normalized spacial score (nSPS) is 11.4. The second kappa shape index (κ2) is 6.21. The van der Waals surface area contributed by atoms with Crippen LogP contribution in [0.1, 0.15) is 20.7 Å². The highest BCUT2D eigenvalue weighted by Crippen LogP contribution is 2.35. The van der Waals surface area contributed by atoms with Gasteiger partial charge in [0.1, 0.15) is 4.90 Å². The molecule has 0 saturated carbocycles. The minimum atomic E-state index is -4.51. The molecule has 0 bridgehead atoms. The largest absolute Gasteiger partial charge is 0.345 e. The lowest BCUT2D eigenvalue weighted by Gasteiger charge is -2.09. The summed E-state index contributed by atoms with van der Waals surface area (Å²) >= 11 is 0. The summed E-state index contributed by atoms with van der Waals surface area (Å²) in [5, 5.41) is 0. The van der Waals surface area contributed by atoms with E-state index >= 15 is 0 Å². The van der Waals surface area contributed by atoms with Crippen LogP contribution in [0.5, 0.6) is 0 Å². The van der Waals surface area contributed by atoms with E-state index in [1.807, 2.05) is 0 Å². The van der Waals surface area contributed by atoms with Gasteiger partial charge in [-0.05, 0) is 23.8 Å². The van der Waals surface area contributed by atoms with Crippen LogP contribution in [0, 0.1) is 0 Å². The zero-order valence-corrected chi connectivity index (χ0v) is 14.6. The van der Waals surface area contributed by atoms with E-state index in [0.29, 0.717) is 11.1 Å². The average molecular weight is 350 g/mol. The summed E-state index contributed by atoms with van der Waals surface area (Å²) in [5.74, 6) is -0.664. The molecule has 0 aromatic heterocycles. The fourth-order valence-corrected chi connectivity index (χ4v) is 3.07. The standard InChI is InChI=1S/C16H18N2O5S/c1-17(2)15(19)10-5-7-11-12(8-6-10)14(24(21,22)23)9-13(11)16(20)18(3)4/h5-9H,1-4H3,(H,21,22,23). The second-order valence-corrected chi connectivity index (χ2v) is 7.14. The number of amides is 2. The molecule has 2 aliphatic carbocycles. The van der Waals surface area contributed by atoms with Crippen molar-refractivity contribution >= 4 is 21.9 Å². The summed E-state index contributed by atoms with van der Waals surface area (Å²) in [6, 6.07) is 7.06.